The molecule has 5 heteroatoms. The molecule has 1 aliphatic rings. The average molecular weight is 268 g/mol. The largest absolute Gasteiger partial charge is 0.398 e. The second-order valence-electron chi connectivity index (χ2n) is 5.25. The number of hydrogen-bond donors (Lipinski definition) is 2. The Labute approximate surface area is 109 Å². The molecule has 1 aromatic rings. The summed E-state index contributed by atoms with van der Waals surface area (Å²) >= 11 is 0. The number of nitrogen functional groups attached to an aromatic ring is 1. The van der Waals surface area contributed by atoms with Crippen molar-refractivity contribution in [2.45, 2.75) is 32.1 Å². The van der Waals surface area contributed by atoms with Gasteiger partial charge >= 0.3 is 0 Å². The molecule has 0 heterocycles. The lowest BCUT2D eigenvalue weighted by Crippen LogP contribution is -2.27. The zero-order valence-electron chi connectivity index (χ0n) is 11.0. The molecule has 0 radical (unpaired) electrons. The summed E-state index contributed by atoms with van der Waals surface area (Å²) in [6.07, 6.45) is 1.11. The van der Waals surface area contributed by atoms with Crippen molar-refractivity contribution in [2.75, 3.05) is 12.3 Å². The highest BCUT2D eigenvalue weighted by Crippen LogP contribution is 2.37. The number of rotatable bonds is 4. The number of nitrogens with two attached hydrogens (primary N) is 1. The van der Waals surface area contributed by atoms with Crippen molar-refractivity contribution in [3.63, 3.8) is 0 Å². The monoisotopic (exact) mass is 268 g/mol. The Morgan fingerprint density at radius 3 is 2.56 bits per heavy atom. The number of hydrogen-bond acceptors (Lipinski definition) is 3. The quantitative estimate of drug-likeness (QED) is 0.818. The molecule has 2 atom stereocenters. The fraction of sp³-hybridized carbons (Fsp3) is 0.538. The van der Waals surface area contributed by atoms with E-state index in [2.05, 4.69) is 11.6 Å². The van der Waals surface area contributed by atoms with Crippen LogP contribution in [0, 0.1) is 25.7 Å². The van der Waals surface area contributed by atoms with Crippen molar-refractivity contribution >= 4 is 15.7 Å². The van der Waals surface area contributed by atoms with Crippen LogP contribution in [-0.2, 0) is 10.0 Å². The molecule has 1 fully saturated rings. The summed E-state index contributed by atoms with van der Waals surface area (Å²) in [6, 6.07) is 3.49. The number of anilines is 1. The van der Waals surface area contributed by atoms with Gasteiger partial charge in [-0.05, 0) is 49.3 Å². The third kappa shape index (κ3) is 2.52. The first kappa shape index (κ1) is 13.4. The molecule has 3 N–H and O–H groups in total. The van der Waals surface area contributed by atoms with Gasteiger partial charge < -0.3 is 5.73 Å². The van der Waals surface area contributed by atoms with Crippen LogP contribution in [0.15, 0.2) is 17.0 Å². The summed E-state index contributed by atoms with van der Waals surface area (Å²) in [5.74, 6) is 1.12. The van der Waals surface area contributed by atoms with Crippen molar-refractivity contribution in [2.24, 2.45) is 11.8 Å². The van der Waals surface area contributed by atoms with Gasteiger partial charge in [-0.1, -0.05) is 13.0 Å². The lowest BCUT2D eigenvalue weighted by atomic mass is 10.1. The van der Waals surface area contributed by atoms with Gasteiger partial charge in [0.2, 0.25) is 10.0 Å². The summed E-state index contributed by atoms with van der Waals surface area (Å²) in [6.45, 7) is 6.20. The van der Waals surface area contributed by atoms with Crippen LogP contribution in [0.25, 0.3) is 0 Å². The number of benzene rings is 1. The lowest BCUT2D eigenvalue weighted by Gasteiger charge is -2.13. The van der Waals surface area contributed by atoms with Crippen molar-refractivity contribution < 1.29 is 8.42 Å². The summed E-state index contributed by atoms with van der Waals surface area (Å²) in [5, 5.41) is 0. The second-order valence-corrected chi connectivity index (χ2v) is 6.95. The Kier molecular flexibility index (Phi) is 3.38. The Bertz CT molecular complexity index is 567. The first-order chi connectivity index (χ1) is 8.33. The molecule has 2 unspecified atom stereocenters. The van der Waals surface area contributed by atoms with Crippen LogP contribution < -0.4 is 10.5 Å². The molecule has 0 amide bonds. The van der Waals surface area contributed by atoms with Crippen LogP contribution in [0.1, 0.15) is 24.5 Å². The molecule has 1 aromatic carbocycles. The standard InChI is InChI=1S/C13H20N2O2S/c1-8-4-5-12(14)10(3)13(8)18(16,17)15-7-11-6-9(11)2/h4-5,9,11,15H,6-7,14H2,1-3H3. The maximum Gasteiger partial charge on any atom is 0.241 e. The van der Waals surface area contributed by atoms with Crippen LogP contribution in [0.2, 0.25) is 0 Å². The molecule has 2 rings (SSSR count). The lowest BCUT2D eigenvalue weighted by molar-refractivity contribution is 0.573. The third-order valence-electron chi connectivity index (χ3n) is 3.73. The predicted molar refractivity (Wildman–Crippen MR) is 72.8 cm³/mol. The van der Waals surface area contributed by atoms with Crippen molar-refractivity contribution in [3.05, 3.63) is 23.3 Å². The van der Waals surface area contributed by atoms with Crippen LogP contribution in [-0.4, -0.2) is 15.0 Å². The van der Waals surface area contributed by atoms with Crippen molar-refractivity contribution in [1.29, 1.82) is 0 Å². The van der Waals surface area contributed by atoms with E-state index in [-0.39, 0.29) is 0 Å². The maximum absolute atomic E-state index is 12.3. The highest BCUT2D eigenvalue weighted by Gasteiger charge is 2.33. The molecule has 18 heavy (non-hydrogen) atoms. The van der Waals surface area contributed by atoms with E-state index in [0.29, 0.717) is 34.5 Å². The fourth-order valence-corrected chi connectivity index (χ4v) is 3.82. The number of aryl methyl sites for hydroxylation is 1. The van der Waals surface area contributed by atoms with E-state index in [1.54, 1.807) is 26.0 Å². The minimum atomic E-state index is -3.45. The first-order valence-electron chi connectivity index (χ1n) is 6.18. The molecule has 0 aromatic heterocycles. The van der Waals surface area contributed by atoms with Gasteiger partial charge in [0.15, 0.2) is 0 Å². The molecule has 1 saturated carbocycles. The molecule has 100 valence electrons. The van der Waals surface area contributed by atoms with Crippen LogP contribution >= 0.6 is 0 Å². The molecule has 0 saturated heterocycles. The Balaban J connectivity index is 2.26. The summed E-state index contributed by atoms with van der Waals surface area (Å²) < 4.78 is 27.3. The maximum atomic E-state index is 12.3. The van der Waals surface area contributed by atoms with Gasteiger partial charge in [-0.3, -0.25) is 0 Å². The predicted octanol–water partition coefficient (Wildman–Crippen LogP) is 1.82. The Morgan fingerprint density at radius 2 is 2.00 bits per heavy atom. The van der Waals surface area contributed by atoms with Gasteiger partial charge in [-0.15, -0.1) is 0 Å². The minimum absolute atomic E-state index is 0.329. The van der Waals surface area contributed by atoms with Gasteiger partial charge in [0.1, 0.15) is 0 Å². The molecule has 4 nitrogen and oxygen atoms in total. The average Bonchev–Trinajstić information content (AvgIpc) is 2.98. The van der Waals surface area contributed by atoms with E-state index in [0.717, 1.165) is 12.0 Å². The van der Waals surface area contributed by atoms with Crippen LogP contribution in [0.3, 0.4) is 0 Å². The van der Waals surface area contributed by atoms with E-state index in [1.807, 2.05) is 0 Å². The summed E-state index contributed by atoms with van der Waals surface area (Å²) in [7, 11) is -3.45. The van der Waals surface area contributed by atoms with Gasteiger partial charge in [-0.2, -0.15) is 0 Å². The Morgan fingerprint density at radius 1 is 1.39 bits per heavy atom. The molecular formula is C13H20N2O2S. The molecule has 0 bridgehead atoms. The fourth-order valence-electron chi connectivity index (χ4n) is 2.23. The van der Waals surface area contributed by atoms with E-state index >= 15 is 0 Å². The normalized spacial score (nSPS) is 23.1. The zero-order valence-corrected chi connectivity index (χ0v) is 11.8. The molecule has 1 aliphatic carbocycles. The summed E-state index contributed by atoms with van der Waals surface area (Å²) in [4.78, 5) is 0.329. The SMILES string of the molecule is Cc1ccc(N)c(C)c1S(=O)(=O)NCC1CC1C. The molecular weight excluding hydrogens is 248 g/mol. The highest BCUT2D eigenvalue weighted by molar-refractivity contribution is 7.89. The molecule has 0 aliphatic heterocycles. The Hall–Kier alpha value is -1.07. The van der Waals surface area contributed by atoms with E-state index in [4.69, 9.17) is 5.73 Å². The van der Waals surface area contributed by atoms with Crippen LogP contribution in [0.5, 0.6) is 0 Å². The first-order valence-corrected chi connectivity index (χ1v) is 7.66. The van der Waals surface area contributed by atoms with Crippen molar-refractivity contribution in [1.82, 2.24) is 4.72 Å². The van der Waals surface area contributed by atoms with Gasteiger partial charge in [-0.25, -0.2) is 13.1 Å². The van der Waals surface area contributed by atoms with E-state index in [1.165, 1.54) is 0 Å². The van der Waals surface area contributed by atoms with Gasteiger partial charge in [0.05, 0.1) is 4.90 Å². The smallest absolute Gasteiger partial charge is 0.241 e. The minimum Gasteiger partial charge on any atom is -0.398 e. The second kappa shape index (κ2) is 4.55. The highest BCUT2D eigenvalue weighted by atomic mass is 32.2. The topological polar surface area (TPSA) is 72.2 Å². The van der Waals surface area contributed by atoms with Crippen LogP contribution in [0.4, 0.5) is 5.69 Å². The third-order valence-corrected chi connectivity index (χ3v) is 5.44. The van der Waals surface area contributed by atoms with Gasteiger partial charge in [0.25, 0.3) is 0 Å². The van der Waals surface area contributed by atoms with Gasteiger partial charge in [0, 0.05) is 12.2 Å². The number of sulfonamides is 1. The zero-order chi connectivity index (χ0) is 13.5. The van der Waals surface area contributed by atoms with Crippen molar-refractivity contribution in [3.8, 4) is 0 Å². The van der Waals surface area contributed by atoms with E-state index in [9.17, 15) is 8.42 Å². The van der Waals surface area contributed by atoms with E-state index < -0.39 is 10.0 Å². The molecule has 0 spiro atoms. The number of nitrogens with one attached hydrogen (secondary N) is 1. The summed E-state index contributed by atoms with van der Waals surface area (Å²) in [5.41, 5.74) is 7.66.